The number of rotatable bonds is 6. The van der Waals surface area contributed by atoms with Crippen LogP contribution in [0.25, 0.3) is 0 Å². The van der Waals surface area contributed by atoms with Crippen molar-refractivity contribution in [3.8, 4) is 0 Å². The van der Waals surface area contributed by atoms with Gasteiger partial charge in [0.2, 0.25) is 0 Å². The zero-order chi connectivity index (χ0) is 10.4. The summed E-state index contributed by atoms with van der Waals surface area (Å²) < 4.78 is 1.92. The average molecular weight is 217 g/mol. The molecule has 0 unspecified atom stereocenters. The van der Waals surface area contributed by atoms with Crippen LogP contribution in [-0.2, 0) is 6.54 Å². The molecule has 0 saturated heterocycles. The maximum absolute atomic E-state index is 5.57. The second-order valence-corrected chi connectivity index (χ2v) is 3.81. The highest BCUT2D eigenvalue weighted by molar-refractivity contribution is 6.17. The lowest BCUT2D eigenvalue weighted by atomic mass is 10.4. The first kappa shape index (κ1) is 11.5. The van der Waals surface area contributed by atoms with Crippen molar-refractivity contribution in [1.29, 1.82) is 0 Å². The fourth-order valence-electron chi connectivity index (χ4n) is 1.22. The molecule has 80 valence electrons. The molecule has 1 aromatic heterocycles. The molecular formula is C9H17ClN4. The van der Waals surface area contributed by atoms with Gasteiger partial charge in [0.1, 0.15) is 12.2 Å². The van der Waals surface area contributed by atoms with E-state index < -0.39 is 0 Å². The van der Waals surface area contributed by atoms with Gasteiger partial charge in [0.25, 0.3) is 0 Å². The summed E-state index contributed by atoms with van der Waals surface area (Å²) in [5, 5.41) is 7.43. The number of aromatic nitrogens is 3. The van der Waals surface area contributed by atoms with Crippen molar-refractivity contribution in [2.45, 2.75) is 32.9 Å². The van der Waals surface area contributed by atoms with Gasteiger partial charge in [0, 0.05) is 11.9 Å². The summed E-state index contributed by atoms with van der Waals surface area (Å²) in [5.74, 6) is 1.68. The Morgan fingerprint density at radius 1 is 1.57 bits per heavy atom. The summed E-state index contributed by atoms with van der Waals surface area (Å²) in [4.78, 5) is 4.19. The van der Waals surface area contributed by atoms with E-state index in [0.717, 1.165) is 25.3 Å². The van der Waals surface area contributed by atoms with Crippen molar-refractivity contribution in [3.63, 3.8) is 0 Å². The third-order valence-corrected chi connectivity index (χ3v) is 2.17. The summed E-state index contributed by atoms with van der Waals surface area (Å²) in [7, 11) is 0. The zero-order valence-electron chi connectivity index (χ0n) is 8.70. The summed E-state index contributed by atoms with van der Waals surface area (Å²) in [6.07, 6.45) is 2.58. The maximum atomic E-state index is 5.57. The van der Waals surface area contributed by atoms with Crippen LogP contribution in [-0.4, -0.2) is 27.2 Å². The topological polar surface area (TPSA) is 42.7 Å². The van der Waals surface area contributed by atoms with Gasteiger partial charge in [-0.2, -0.15) is 5.10 Å². The largest absolute Gasteiger partial charge is 0.310 e. The van der Waals surface area contributed by atoms with Crippen LogP contribution in [0.5, 0.6) is 0 Å². The lowest BCUT2D eigenvalue weighted by molar-refractivity contribution is 0.490. The summed E-state index contributed by atoms with van der Waals surface area (Å²) in [6, 6.07) is 0.363. The number of nitrogens with zero attached hydrogens (tertiary/aromatic N) is 3. The van der Waals surface area contributed by atoms with Gasteiger partial charge < -0.3 is 5.32 Å². The van der Waals surface area contributed by atoms with Crippen molar-refractivity contribution < 1.29 is 0 Å². The van der Waals surface area contributed by atoms with Crippen molar-refractivity contribution in [3.05, 3.63) is 12.2 Å². The van der Waals surface area contributed by atoms with Crippen molar-refractivity contribution in [2.75, 3.05) is 12.4 Å². The average Bonchev–Trinajstić information content (AvgIpc) is 2.60. The Balaban J connectivity index is 2.38. The summed E-state index contributed by atoms with van der Waals surface area (Å²) >= 11 is 5.57. The van der Waals surface area contributed by atoms with Crippen LogP contribution in [0.1, 0.15) is 32.1 Å². The molecule has 1 N–H and O–H groups in total. The highest BCUT2D eigenvalue weighted by Crippen LogP contribution is 2.04. The molecule has 0 saturated carbocycles. The van der Waals surface area contributed by atoms with Gasteiger partial charge in [-0.15, -0.1) is 11.6 Å². The van der Waals surface area contributed by atoms with Gasteiger partial charge in [-0.25, -0.2) is 9.67 Å². The molecule has 0 atom stereocenters. The summed E-state index contributed by atoms with van der Waals surface area (Å²) in [5.41, 5.74) is 0. The van der Waals surface area contributed by atoms with Crippen molar-refractivity contribution in [1.82, 2.24) is 20.1 Å². The van der Waals surface area contributed by atoms with E-state index in [1.807, 2.05) is 4.68 Å². The Hall–Kier alpha value is -0.610. The monoisotopic (exact) mass is 216 g/mol. The predicted octanol–water partition coefficient (Wildman–Crippen LogP) is 1.58. The fourth-order valence-corrected chi connectivity index (χ4v) is 1.36. The third kappa shape index (κ3) is 3.27. The van der Waals surface area contributed by atoms with Crippen LogP contribution < -0.4 is 5.32 Å². The highest BCUT2D eigenvalue weighted by Gasteiger charge is 2.05. The maximum Gasteiger partial charge on any atom is 0.141 e. The molecular weight excluding hydrogens is 200 g/mol. The second kappa shape index (κ2) is 5.98. The molecule has 0 bridgehead atoms. The molecule has 0 aliphatic carbocycles. The quantitative estimate of drug-likeness (QED) is 0.580. The Bertz CT molecular complexity index is 259. The summed E-state index contributed by atoms with van der Waals surface area (Å²) in [6.45, 7) is 5.87. The van der Waals surface area contributed by atoms with E-state index in [-0.39, 0.29) is 0 Å². The minimum absolute atomic E-state index is 0.363. The number of hydrogen-bond acceptors (Lipinski definition) is 3. The zero-order valence-corrected chi connectivity index (χ0v) is 9.46. The Morgan fingerprint density at radius 3 is 3.00 bits per heavy atom. The minimum Gasteiger partial charge on any atom is -0.310 e. The lowest BCUT2D eigenvalue weighted by Gasteiger charge is -2.09. The van der Waals surface area contributed by atoms with Crippen molar-refractivity contribution in [2.24, 2.45) is 0 Å². The predicted molar refractivity (Wildman–Crippen MR) is 57.5 cm³/mol. The van der Waals surface area contributed by atoms with Crippen LogP contribution in [0.3, 0.4) is 0 Å². The standard InChI is InChI=1S/C9H17ClN4/c1-8(2)14-9(12-7-13-14)6-11-5-3-4-10/h7-8,11H,3-6H2,1-2H3. The van der Waals surface area contributed by atoms with Gasteiger partial charge in [0.05, 0.1) is 6.54 Å². The Kier molecular flexibility index (Phi) is 4.90. The molecule has 0 fully saturated rings. The van der Waals surface area contributed by atoms with E-state index in [9.17, 15) is 0 Å². The van der Waals surface area contributed by atoms with Crippen LogP contribution >= 0.6 is 11.6 Å². The van der Waals surface area contributed by atoms with E-state index in [1.165, 1.54) is 0 Å². The van der Waals surface area contributed by atoms with Crippen LogP contribution in [0.15, 0.2) is 6.33 Å². The first-order chi connectivity index (χ1) is 6.75. The SMILES string of the molecule is CC(C)n1ncnc1CNCCCCl. The third-order valence-electron chi connectivity index (χ3n) is 1.91. The normalized spacial score (nSPS) is 11.1. The number of alkyl halides is 1. The van der Waals surface area contributed by atoms with E-state index in [0.29, 0.717) is 11.9 Å². The Morgan fingerprint density at radius 2 is 2.36 bits per heavy atom. The Labute approximate surface area is 89.7 Å². The van der Waals surface area contributed by atoms with Crippen LogP contribution in [0, 0.1) is 0 Å². The van der Waals surface area contributed by atoms with Crippen LogP contribution in [0.4, 0.5) is 0 Å². The van der Waals surface area contributed by atoms with Crippen LogP contribution in [0.2, 0.25) is 0 Å². The van der Waals surface area contributed by atoms with E-state index in [4.69, 9.17) is 11.6 Å². The molecule has 0 radical (unpaired) electrons. The number of halogens is 1. The number of nitrogens with one attached hydrogen (secondary N) is 1. The number of hydrogen-bond donors (Lipinski definition) is 1. The smallest absolute Gasteiger partial charge is 0.141 e. The van der Waals surface area contributed by atoms with Gasteiger partial charge in [-0.3, -0.25) is 0 Å². The fraction of sp³-hybridized carbons (Fsp3) is 0.778. The molecule has 14 heavy (non-hydrogen) atoms. The molecule has 0 aliphatic rings. The van der Waals surface area contributed by atoms with Gasteiger partial charge in [-0.1, -0.05) is 0 Å². The molecule has 0 amide bonds. The molecule has 4 nitrogen and oxygen atoms in total. The molecule has 0 aliphatic heterocycles. The highest BCUT2D eigenvalue weighted by atomic mass is 35.5. The minimum atomic E-state index is 0.363. The van der Waals surface area contributed by atoms with Gasteiger partial charge in [0.15, 0.2) is 0 Å². The molecule has 1 heterocycles. The lowest BCUT2D eigenvalue weighted by Crippen LogP contribution is -2.19. The van der Waals surface area contributed by atoms with E-state index >= 15 is 0 Å². The van der Waals surface area contributed by atoms with Crippen molar-refractivity contribution >= 4 is 11.6 Å². The van der Waals surface area contributed by atoms with E-state index in [1.54, 1.807) is 6.33 Å². The van der Waals surface area contributed by atoms with E-state index in [2.05, 4.69) is 29.2 Å². The molecule has 1 aromatic rings. The molecule has 1 rings (SSSR count). The molecule has 0 spiro atoms. The molecule has 5 heteroatoms. The van der Waals surface area contributed by atoms with Gasteiger partial charge in [-0.05, 0) is 26.8 Å². The van der Waals surface area contributed by atoms with Gasteiger partial charge >= 0.3 is 0 Å². The molecule has 0 aromatic carbocycles. The first-order valence-electron chi connectivity index (χ1n) is 4.90. The first-order valence-corrected chi connectivity index (χ1v) is 5.44. The second-order valence-electron chi connectivity index (χ2n) is 3.43.